The Morgan fingerprint density at radius 1 is 1.28 bits per heavy atom. The van der Waals surface area contributed by atoms with Gasteiger partial charge in [-0.1, -0.05) is 6.07 Å². The number of pyridine rings is 1. The molecule has 2 N–H and O–H groups in total. The van der Waals surface area contributed by atoms with Gasteiger partial charge in [-0.05, 0) is 30.2 Å². The van der Waals surface area contributed by atoms with E-state index in [1.807, 2.05) is 13.0 Å². The van der Waals surface area contributed by atoms with Crippen LogP contribution in [0.1, 0.15) is 22.8 Å². The molecule has 1 aliphatic rings. The summed E-state index contributed by atoms with van der Waals surface area (Å²) < 4.78 is 5.09. The van der Waals surface area contributed by atoms with Crippen molar-refractivity contribution >= 4 is 0 Å². The van der Waals surface area contributed by atoms with Gasteiger partial charge < -0.3 is 14.9 Å². The number of aliphatic hydroxyl groups excluding tert-OH is 1. The molecule has 92 valence electrons. The maximum absolute atomic E-state index is 10.3. The molecule has 2 aromatic rings. The molecule has 1 atom stereocenters. The zero-order chi connectivity index (χ0) is 12.9. The number of phenols is 1. The Hall–Kier alpha value is -2.07. The van der Waals surface area contributed by atoms with Gasteiger partial charge in [-0.3, -0.25) is 4.98 Å². The zero-order valence-electron chi connectivity index (χ0n) is 10.1. The minimum atomic E-state index is -0.736. The number of phenolic OH excluding ortho intramolecular Hbond substituents is 1. The van der Waals surface area contributed by atoms with Crippen molar-refractivity contribution in [2.45, 2.75) is 13.0 Å². The minimum Gasteiger partial charge on any atom is -0.504 e. The summed E-state index contributed by atoms with van der Waals surface area (Å²) in [5.74, 6) is 0.419. The second kappa shape index (κ2) is 3.71. The van der Waals surface area contributed by atoms with E-state index in [2.05, 4.69) is 4.98 Å². The average Bonchev–Trinajstić information content (AvgIpc) is 2.66. The largest absolute Gasteiger partial charge is 0.504 e. The van der Waals surface area contributed by atoms with Crippen LogP contribution in [0.25, 0.3) is 11.3 Å². The summed E-state index contributed by atoms with van der Waals surface area (Å²) in [6.45, 7) is 1.92. The molecular weight excluding hydrogens is 230 g/mol. The SMILES string of the molecule is COc1ccc2c(c1O)-c1nccc(C)c1C2O. The number of benzene rings is 1. The molecule has 0 spiro atoms. The first-order valence-corrected chi connectivity index (χ1v) is 5.69. The summed E-state index contributed by atoms with van der Waals surface area (Å²) in [6.07, 6.45) is 0.940. The van der Waals surface area contributed by atoms with Crippen LogP contribution in [0.3, 0.4) is 0 Å². The number of aryl methyl sites for hydroxylation is 1. The van der Waals surface area contributed by atoms with Crippen LogP contribution in [-0.2, 0) is 0 Å². The predicted molar refractivity (Wildman–Crippen MR) is 66.7 cm³/mol. The summed E-state index contributed by atoms with van der Waals surface area (Å²) in [5.41, 5.74) is 3.60. The third-order valence-corrected chi connectivity index (χ3v) is 3.41. The second-order valence-electron chi connectivity index (χ2n) is 4.37. The lowest BCUT2D eigenvalue weighted by Gasteiger charge is -2.09. The summed E-state index contributed by atoms with van der Waals surface area (Å²) in [4.78, 5) is 4.27. The fourth-order valence-corrected chi connectivity index (χ4v) is 2.50. The number of aliphatic hydroxyl groups is 1. The number of aromatic hydroxyl groups is 1. The number of hydrogen-bond acceptors (Lipinski definition) is 4. The molecular formula is C14H13NO3. The Morgan fingerprint density at radius 2 is 2.06 bits per heavy atom. The Labute approximate surface area is 104 Å². The van der Waals surface area contributed by atoms with Gasteiger partial charge in [0.25, 0.3) is 0 Å². The van der Waals surface area contributed by atoms with E-state index in [0.29, 0.717) is 22.6 Å². The summed E-state index contributed by atoms with van der Waals surface area (Å²) in [5, 5.41) is 20.5. The summed E-state index contributed by atoms with van der Waals surface area (Å²) in [7, 11) is 1.50. The molecule has 0 saturated heterocycles. The number of ether oxygens (including phenoxy) is 1. The maximum atomic E-state index is 10.3. The molecule has 4 nitrogen and oxygen atoms in total. The molecule has 18 heavy (non-hydrogen) atoms. The highest BCUT2D eigenvalue weighted by Crippen LogP contribution is 2.50. The van der Waals surface area contributed by atoms with Crippen LogP contribution in [0.2, 0.25) is 0 Å². The van der Waals surface area contributed by atoms with E-state index in [1.54, 1.807) is 18.3 Å². The standard InChI is InChI=1S/C14H13NO3/c1-7-5-6-15-12-10(7)13(16)8-3-4-9(18-2)14(17)11(8)12/h3-6,13,16-17H,1-2H3. The fourth-order valence-electron chi connectivity index (χ4n) is 2.50. The second-order valence-corrected chi connectivity index (χ2v) is 4.37. The normalized spacial score (nSPS) is 16.3. The molecule has 1 unspecified atom stereocenters. The number of methoxy groups -OCH3 is 1. The Bertz CT molecular complexity index is 637. The van der Waals surface area contributed by atoms with Crippen molar-refractivity contribution in [3.05, 3.63) is 41.1 Å². The summed E-state index contributed by atoms with van der Waals surface area (Å²) >= 11 is 0. The van der Waals surface area contributed by atoms with Gasteiger partial charge in [0.15, 0.2) is 11.5 Å². The Balaban J connectivity index is 2.36. The predicted octanol–water partition coefficient (Wildman–Crippen LogP) is 2.17. The highest BCUT2D eigenvalue weighted by molar-refractivity contribution is 5.83. The first kappa shape index (κ1) is 11.0. The lowest BCUT2D eigenvalue weighted by molar-refractivity contribution is 0.224. The van der Waals surface area contributed by atoms with E-state index < -0.39 is 6.10 Å². The zero-order valence-corrected chi connectivity index (χ0v) is 10.1. The first-order valence-electron chi connectivity index (χ1n) is 5.69. The van der Waals surface area contributed by atoms with Gasteiger partial charge in [0.2, 0.25) is 0 Å². The van der Waals surface area contributed by atoms with Gasteiger partial charge in [-0.25, -0.2) is 0 Å². The number of aromatic nitrogens is 1. The molecule has 1 aromatic heterocycles. The third-order valence-electron chi connectivity index (χ3n) is 3.41. The molecule has 3 rings (SSSR count). The van der Waals surface area contributed by atoms with E-state index in [0.717, 1.165) is 11.1 Å². The molecule has 4 heteroatoms. The molecule has 0 saturated carbocycles. The van der Waals surface area contributed by atoms with Gasteiger partial charge in [-0.15, -0.1) is 0 Å². The van der Waals surface area contributed by atoms with Gasteiger partial charge >= 0.3 is 0 Å². The van der Waals surface area contributed by atoms with Crippen LogP contribution in [0, 0.1) is 6.92 Å². The van der Waals surface area contributed by atoms with Crippen molar-refractivity contribution in [1.82, 2.24) is 4.98 Å². The van der Waals surface area contributed by atoms with Crippen molar-refractivity contribution in [2.75, 3.05) is 7.11 Å². The van der Waals surface area contributed by atoms with E-state index in [4.69, 9.17) is 4.74 Å². The Kier molecular flexibility index (Phi) is 2.28. The summed E-state index contributed by atoms with van der Waals surface area (Å²) in [6, 6.07) is 5.26. The van der Waals surface area contributed by atoms with E-state index >= 15 is 0 Å². The number of nitrogens with zero attached hydrogens (tertiary/aromatic N) is 1. The number of rotatable bonds is 1. The molecule has 0 radical (unpaired) electrons. The molecule has 0 bridgehead atoms. The van der Waals surface area contributed by atoms with Gasteiger partial charge in [0, 0.05) is 11.8 Å². The highest BCUT2D eigenvalue weighted by Gasteiger charge is 2.33. The topological polar surface area (TPSA) is 62.6 Å². The van der Waals surface area contributed by atoms with Crippen LogP contribution >= 0.6 is 0 Å². The molecule has 1 aliphatic carbocycles. The molecule has 0 fully saturated rings. The van der Waals surface area contributed by atoms with Crippen molar-refractivity contribution in [1.29, 1.82) is 0 Å². The number of fused-ring (bicyclic) bond motifs is 3. The maximum Gasteiger partial charge on any atom is 0.167 e. The van der Waals surface area contributed by atoms with Gasteiger partial charge in [0.1, 0.15) is 6.10 Å². The highest BCUT2D eigenvalue weighted by atomic mass is 16.5. The monoisotopic (exact) mass is 243 g/mol. The van der Waals surface area contributed by atoms with Crippen LogP contribution < -0.4 is 4.74 Å². The van der Waals surface area contributed by atoms with Crippen molar-refractivity contribution in [3.8, 4) is 22.8 Å². The third kappa shape index (κ3) is 1.26. The molecule has 0 amide bonds. The van der Waals surface area contributed by atoms with Gasteiger partial charge in [-0.2, -0.15) is 0 Å². The molecule has 1 heterocycles. The quantitative estimate of drug-likeness (QED) is 0.805. The lowest BCUT2D eigenvalue weighted by Crippen LogP contribution is -1.97. The smallest absolute Gasteiger partial charge is 0.167 e. The van der Waals surface area contributed by atoms with Gasteiger partial charge in [0.05, 0.1) is 18.4 Å². The van der Waals surface area contributed by atoms with Crippen LogP contribution in [0.4, 0.5) is 0 Å². The van der Waals surface area contributed by atoms with Crippen LogP contribution in [0.15, 0.2) is 24.4 Å². The van der Waals surface area contributed by atoms with E-state index in [-0.39, 0.29) is 5.75 Å². The average molecular weight is 243 g/mol. The Morgan fingerprint density at radius 3 is 2.78 bits per heavy atom. The van der Waals surface area contributed by atoms with Crippen molar-refractivity contribution < 1.29 is 14.9 Å². The first-order chi connectivity index (χ1) is 8.65. The lowest BCUT2D eigenvalue weighted by atomic mass is 10.1. The van der Waals surface area contributed by atoms with Crippen molar-refractivity contribution in [2.24, 2.45) is 0 Å². The number of hydrogen-bond donors (Lipinski definition) is 2. The van der Waals surface area contributed by atoms with Crippen molar-refractivity contribution in [3.63, 3.8) is 0 Å². The van der Waals surface area contributed by atoms with Crippen LogP contribution in [0.5, 0.6) is 11.5 Å². The fraction of sp³-hybridized carbons (Fsp3) is 0.214. The molecule has 1 aromatic carbocycles. The van der Waals surface area contributed by atoms with E-state index in [9.17, 15) is 10.2 Å². The van der Waals surface area contributed by atoms with E-state index in [1.165, 1.54) is 7.11 Å². The minimum absolute atomic E-state index is 0.0332. The molecule has 0 aliphatic heterocycles. The van der Waals surface area contributed by atoms with Crippen LogP contribution in [-0.4, -0.2) is 22.3 Å².